The van der Waals surface area contributed by atoms with E-state index in [1.54, 1.807) is 25.3 Å². The molecule has 3 aromatic rings. The summed E-state index contributed by atoms with van der Waals surface area (Å²) >= 11 is 0. The summed E-state index contributed by atoms with van der Waals surface area (Å²) < 4.78 is 25.8. The molecular weight excluding hydrogens is 491 g/mol. The Balaban J connectivity index is 1.11. The lowest BCUT2D eigenvalue weighted by atomic mass is 9.79. The minimum atomic E-state index is -0.291. The first-order valence-electron chi connectivity index (χ1n) is 14.4. The summed E-state index contributed by atoms with van der Waals surface area (Å²) in [7, 11) is 1.69. The van der Waals surface area contributed by atoms with Gasteiger partial charge < -0.3 is 25.2 Å². The second-order valence-corrected chi connectivity index (χ2v) is 11.0. The number of hydrogen-bond acceptors (Lipinski definition) is 5. The number of anilines is 1. The Morgan fingerprint density at radius 2 is 1.87 bits per heavy atom. The monoisotopic (exact) mass is 532 g/mol. The van der Waals surface area contributed by atoms with Gasteiger partial charge in [-0.3, -0.25) is 0 Å². The molecule has 1 unspecified atom stereocenters. The molecule has 6 heteroatoms. The molecule has 0 radical (unpaired) electrons. The van der Waals surface area contributed by atoms with Crippen LogP contribution < -0.4 is 20.1 Å². The van der Waals surface area contributed by atoms with Crippen molar-refractivity contribution < 1.29 is 19.0 Å². The van der Waals surface area contributed by atoms with Crippen LogP contribution in [0.15, 0.2) is 54.6 Å². The molecule has 0 heterocycles. The van der Waals surface area contributed by atoms with E-state index >= 15 is 0 Å². The number of halogens is 1. The van der Waals surface area contributed by atoms with Crippen LogP contribution in [0.2, 0.25) is 0 Å². The number of rotatable bonds is 13. The van der Waals surface area contributed by atoms with Gasteiger partial charge in [-0.05, 0) is 116 Å². The second-order valence-electron chi connectivity index (χ2n) is 11.0. The first-order valence-corrected chi connectivity index (χ1v) is 14.4. The lowest BCUT2D eigenvalue weighted by Crippen LogP contribution is -2.30. The van der Waals surface area contributed by atoms with Crippen molar-refractivity contribution in [1.29, 1.82) is 0 Å². The average Bonchev–Trinajstić information content (AvgIpc) is 2.92. The normalized spacial score (nSPS) is 16.8. The molecule has 39 heavy (non-hydrogen) atoms. The number of aryl methyl sites for hydroxylation is 2. The molecule has 3 aromatic carbocycles. The van der Waals surface area contributed by atoms with Crippen molar-refractivity contribution in [2.75, 3.05) is 38.7 Å². The van der Waals surface area contributed by atoms with Crippen molar-refractivity contribution >= 4 is 5.69 Å². The molecule has 5 nitrogen and oxygen atoms in total. The summed E-state index contributed by atoms with van der Waals surface area (Å²) in [5, 5.41) is 16.9. The highest BCUT2D eigenvalue weighted by Crippen LogP contribution is 2.38. The van der Waals surface area contributed by atoms with Gasteiger partial charge >= 0.3 is 0 Å². The molecule has 2 aliphatic carbocycles. The van der Waals surface area contributed by atoms with Crippen LogP contribution in [0.1, 0.15) is 60.3 Å². The van der Waals surface area contributed by atoms with E-state index in [-0.39, 0.29) is 5.82 Å². The quantitative estimate of drug-likeness (QED) is 0.216. The van der Waals surface area contributed by atoms with Crippen LogP contribution in [-0.4, -0.2) is 38.5 Å². The number of phenolic OH excluding ortho intramolecular Hbond substituents is 1. The third-order valence-electron chi connectivity index (χ3n) is 8.27. The molecule has 5 rings (SSSR count). The van der Waals surface area contributed by atoms with Crippen LogP contribution >= 0.6 is 0 Å². The van der Waals surface area contributed by atoms with E-state index in [0.717, 1.165) is 74.7 Å². The zero-order valence-corrected chi connectivity index (χ0v) is 23.0. The van der Waals surface area contributed by atoms with Crippen molar-refractivity contribution in [2.45, 2.75) is 57.3 Å². The highest BCUT2D eigenvalue weighted by atomic mass is 19.1. The van der Waals surface area contributed by atoms with Crippen LogP contribution in [0.3, 0.4) is 0 Å². The summed E-state index contributed by atoms with van der Waals surface area (Å²) in [6, 6.07) is 17.3. The zero-order valence-electron chi connectivity index (χ0n) is 23.0. The molecular formula is C33H41FN2O3. The number of phenols is 1. The topological polar surface area (TPSA) is 62.8 Å². The maximum Gasteiger partial charge on any atom is 0.165 e. The average molecular weight is 533 g/mol. The Morgan fingerprint density at radius 3 is 2.67 bits per heavy atom. The standard InChI is InChI=1S/C33H41FN2O3/c1-38-29-12-13-30(27-9-8-26-20-28(37)11-10-25(26)19-27)32(21-29)36-15-3-6-23-7-14-33(31(34)18-23)39-17-16-35-22-24-4-2-5-24/h7,10-14,18,20-21,24,27,35-37H,2-6,8-9,15-17,19,22H2,1H3. The van der Waals surface area contributed by atoms with Crippen molar-refractivity contribution in [3.8, 4) is 17.2 Å². The van der Waals surface area contributed by atoms with Crippen LogP contribution in [0.4, 0.5) is 10.1 Å². The molecule has 2 aliphatic rings. The van der Waals surface area contributed by atoms with E-state index in [2.05, 4.69) is 28.8 Å². The number of benzene rings is 3. The minimum Gasteiger partial charge on any atom is -0.508 e. The highest BCUT2D eigenvalue weighted by molar-refractivity contribution is 5.57. The van der Waals surface area contributed by atoms with E-state index in [1.807, 2.05) is 18.2 Å². The van der Waals surface area contributed by atoms with Gasteiger partial charge in [0, 0.05) is 24.8 Å². The molecule has 208 valence electrons. The summed E-state index contributed by atoms with van der Waals surface area (Å²) in [4.78, 5) is 0. The van der Waals surface area contributed by atoms with Crippen molar-refractivity contribution in [3.63, 3.8) is 0 Å². The maximum absolute atomic E-state index is 14.6. The van der Waals surface area contributed by atoms with Gasteiger partial charge in [-0.15, -0.1) is 0 Å². The Kier molecular flexibility index (Phi) is 9.25. The molecule has 3 N–H and O–H groups in total. The smallest absolute Gasteiger partial charge is 0.165 e. The fraction of sp³-hybridized carbons (Fsp3) is 0.455. The first-order chi connectivity index (χ1) is 19.1. The molecule has 0 bridgehead atoms. The predicted octanol–water partition coefficient (Wildman–Crippen LogP) is 6.63. The van der Waals surface area contributed by atoms with Gasteiger partial charge in [-0.1, -0.05) is 24.6 Å². The summed E-state index contributed by atoms with van der Waals surface area (Å²) in [6.07, 6.45) is 8.62. The lowest BCUT2D eigenvalue weighted by molar-refractivity contribution is 0.270. The van der Waals surface area contributed by atoms with Gasteiger partial charge in [0.25, 0.3) is 0 Å². The van der Waals surface area contributed by atoms with E-state index in [9.17, 15) is 9.50 Å². The number of aromatic hydroxyl groups is 1. The Hall–Kier alpha value is -3.25. The third kappa shape index (κ3) is 7.24. The number of nitrogens with one attached hydrogen (secondary N) is 2. The summed E-state index contributed by atoms with van der Waals surface area (Å²) in [5.74, 6) is 2.43. The largest absolute Gasteiger partial charge is 0.508 e. The van der Waals surface area contributed by atoms with E-state index < -0.39 is 0 Å². The fourth-order valence-electron chi connectivity index (χ4n) is 5.75. The van der Waals surface area contributed by atoms with Gasteiger partial charge in [0.2, 0.25) is 0 Å². The van der Waals surface area contributed by atoms with E-state index in [0.29, 0.717) is 24.0 Å². The number of ether oxygens (including phenoxy) is 2. The SMILES string of the molecule is COc1ccc(C2CCc3cc(O)ccc3C2)c(NCCCc2ccc(OCCNCC3CCC3)c(F)c2)c1. The van der Waals surface area contributed by atoms with Crippen molar-refractivity contribution in [2.24, 2.45) is 5.92 Å². The molecule has 0 amide bonds. The molecule has 1 fully saturated rings. The van der Waals surface area contributed by atoms with Crippen molar-refractivity contribution in [3.05, 3.63) is 82.7 Å². The molecule has 1 saturated carbocycles. The lowest BCUT2D eigenvalue weighted by Gasteiger charge is -2.27. The van der Waals surface area contributed by atoms with E-state index in [4.69, 9.17) is 9.47 Å². The second kappa shape index (κ2) is 13.2. The molecule has 0 spiro atoms. The Morgan fingerprint density at radius 1 is 0.974 bits per heavy atom. The van der Waals surface area contributed by atoms with Gasteiger partial charge in [-0.2, -0.15) is 0 Å². The molecule has 0 saturated heterocycles. The minimum absolute atomic E-state index is 0.291. The summed E-state index contributed by atoms with van der Waals surface area (Å²) in [5.41, 5.74) is 5.93. The molecule has 1 atom stereocenters. The van der Waals surface area contributed by atoms with Gasteiger partial charge in [0.1, 0.15) is 18.1 Å². The van der Waals surface area contributed by atoms with Crippen LogP contribution in [0, 0.1) is 11.7 Å². The Labute approximate surface area is 231 Å². The number of hydrogen-bond donors (Lipinski definition) is 3. The fourth-order valence-corrected chi connectivity index (χ4v) is 5.75. The number of methoxy groups -OCH3 is 1. The highest BCUT2D eigenvalue weighted by Gasteiger charge is 2.23. The first kappa shape index (κ1) is 27.3. The van der Waals surface area contributed by atoms with Gasteiger partial charge in [-0.25, -0.2) is 4.39 Å². The van der Waals surface area contributed by atoms with Crippen LogP contribution in [-0.2, 0) is 19.3 Å². The van der Waals surface area contributed by atoms with E-state index in [1.165, 1.54) is 36.0 Å². The zero-order chi connectivity index (χ0) is 27.0. The molecule has 0 aromatic heterocycles. The number of fused-ring (bicyclic) bond motifs is 1. The maximum atomic E-state index is 14.6. The summed E-state index contributed by atoms with van der Waals surface area (Å²) in [6.45, 7) is 3.04. The van der Waals surface area contributed by atoms with Gasteiger partial charge in [0.15, 0.2) is 11.6 Å². The third-order valence-corrected chi connectivity index (χ3v) is 8.27. The van der Waals surface area contributed by atoms with Crippen molar-refractivity contribution in [1.82, 2.24) is 5.32 Å². The van der Waals surface area contributed by atoms with Crippen LogP contribution in [0.25, 0.3) is 0 Å². The van der Waals surface area contributed by atoms with Gasteiger partial charge in [0.05, 0.1) is 7.11 Å². The Bertz CT molecular complexity index is 1240. The predicted molar refractivity (Wildman–Crippen MR) is 155 cm³/mol. The van der Waals surface area contributed by atoms with Crippen LogP contribution in [0.5, 0.6) is 17.2 Å². The molecule has 0 aliphatic heterocycles.